The van der Waals surface area contributed by atoms with Gasteiger partial charge in [0.15, 0.2) is 4.34 Å². The Balaban J connectivity index is 1.16. The molecule has 164 valence electrons. The smallest absolute Gasteiger partial charge is 0.293 e. The van der Waals surface area contributed by atoms with Crippen LogP contribution in [0.4, 0.5) is 4.79 Å². The summed E-state index contributed by atoms with van der Waals surface area (Å²) >= 11 is 4.24. The van der Waals surface area contributed by atoms with Crippen molar-refractivity contribution in [2.45, 2.75) is 17.2 Å². The minimum atomic E-state index is -0.315. The lowest BCUT2D eigenvalue weighted by molar-refractivity contribution is -0.124. The number of para-hydroxylation sites is 1. The SMILES string of the molecule is O=C(CCCSc1nc2ccccc2s1)NCCN1C(=O)SC(=Cc2ccccc2)C1=O. The van der Waals surface area contributed by atoms with Crippen LogP contribution in [0.25, 0.3) is 16.3 Å². The fourth-order valence-corrected chi connectivity index (χ4v) is 6.04. The zero-order chi connectivity index (χ0) is 22.3. The van der Waals surface area contributed by atoms with Crippen LogP contribution in [0, 0.1) is 0 Å². The molecule has 3 aromatic rings. The van der Waals surface area contributed by atoms with Crippen LogP contribution in [0.3, 0.4) is 0 Å². The molecule has 1 aromatic heterocycles. The minimum Gasteiger partial charge on any atom is -0.354 e. The molecule has 0 radical (unpaired) electrons. The molecule has 1 saturated heterocycles. The van der Waals surface area contributed by atoms with Gasteiger partial charge < -0.3 is 5.32 Å². The summed E-state index contributed by atoms with van der Waals surface area (Å²) in [4.78, 5) is 42.9. The number of nitrogens with zero attached hydrogens (tertiary/aromatic N) is 2. The van der Waals surface area contributed by atoms with Crippen LogP contribution in [-0.4, -0.2) is 45.8 Å². The Bertz CT molecular complexity index is 1130. The lowest BCUT2D eigenvalue weighted by Gasteiger charge is -2.12. The monoisotopic (exact) mass is 483 g/mol. The second-order valence-electron chi connectivity index (χ2n) is 6.99. The molecule has 1 aliphatic rings. The summed E-state index contributed by atoms with van der Waals surface area (Å²) in [7, 11) is 0. The van der Waals surface area contributed by atoms with Crippen molar-refractivity contribution in [1.82, 2.24) is 15.2 Å². The van der Waals surface area contributed by atoms with Crippen molar-refractivity contribution in [3.63, 3.8) is 0 Å². The van der Waals surface area contributed by atoms with E-state index in [-0.39, 0.29) is 30.1 Å². The molecule has 6 nitrogen and oxygen atoms in total. The maximum atomic E-state index is 12.5. The van der Waals surface area contributed by atoms with Gasteiger partial charge in [-0.15, -0.1) is 11.3 Å². The predicted octanol–water partition coefficient (Wildman–Crippen LogP) is 5.02. The number of carbonyl (C=O) groups is 3. The molecule has 1 N–H and O–H groups in total. The summed E-state index contributed by atoms with van der Waals surface area (Å²) in [6.07, 6.45) is 2.84. The van der Waals surface area contributed by atoms with Gasteiger partial charge in [0.2, 0.25) is 5.91 Å². The van der Waals surface area contributed by atoms with E-state index in [0.717, 1.165) is 39.4 Å². The molecule has 3 amide bonds. The fourth-order valence-electron chi connectivity index (χ4n) is 3.09. The van der Waals surface area contributed by atoms with E-state index in [2.05, 4.69) is 16.4 Å². The maximum Gasteiger partial charge on any atom is 0.293 e. The van der Waals surface area contributed by atoms with Crippen LogP contribution in [0.5, 0.6) is 0 Å². The zero-order valence-electron chi connectivity index (χ0n) is 17.2. The Labute approximate surface area is 198 Å². The normalized spacial score (nSPS) is 15.1. The first-order valence-corrected chi connectivity index (χ1v) is 12.8. The number of thioether (sulfide) groups is 2. The van der Waals surface area contributed by atoms with Gasteiger partial charge in [0.25, 0.3) is 11.1 Å². The molecule has 0 spiro atoms. The highest BCUT2D eigenvalue weighted by Gasteiger charge is 2.34. The Kier molecular flexibility index (Phi) is 7.62. The van der Waals surface area contributed by atoms with Crippen molar-refractivity contribution >= 4 is 68.2 Å². The lowest BCUT2D eigenvalue weighted by Crippen LogP contribution is -2.37. The number of nitrogens with one attached hydrogen (secondary N) is 1. The molecule has 4 rings (SSSR count). The topological polar surface area (TPSA) is 79.4 Å². The van der Waals surface area contributed by atoms with Crippen molar-refractivity contribution in [3.05, 3.63) is 65.1 Å². The van der Waals surface area contributed by atoms with Gasteiger partial charge in [-0.3, -0.25) is 19.3 Å². The number of benzene rings is 2. The number of hydrogen-bond donors (Lipinski definition) is 1. The number of amides is 3. The van der Waals surface area contributed by atoms with E-state index in [9.17, 15) is 14.4 Å². The van der Waals surface area contributed by atoms with Crippen molar-refractivity contribution in [2.75, 3.05) is 18.8 Å². The van der Waals surface area contributed by atoms with Gasteiger partial charge >= 0.3 is 0 Å². The first-order valence-electron chi connectivity index (χ1n) is 10.2. The minimum absolute atomic E-state index is 0.0818. The third kappa shape index (κ3) is 5.79. The van der Waals surface area contributed by atoms with Crippen molar-refractivity contribution in [2.24, 2.45) is 0 Å². The highest BCUT2D eigenvalue weighted by molar-refractivity contribution is 8.18. The molecule has 2 heterocycles. The Morgan fingerprint density at radius 3 is 2.69 bits per heavy atom. The lowest BCUT2D eigenvalue weighted by atomic mass is 10.2. The van der Waals surface area contributed by atoms with Crippen LogP contribution in [0.2, 0.25) is 0 Å². The van der Waals surface area contributed by atoms with E-state index in [1.807, 2.05) is 48.5 Å². The van der Waals surface area contributed by atoms with Gasteiger partial charge in [-0.1, -0.05) is 54.2 Å². The van der Waals surface area contributed by atoms with Gasteiger partial charge in [0, 0.05) is 25.3 Å². The van der Waals surface area contributed by atoms with Gasteiger partial charge in [-0.05, 0) is 42.0 Å². The average molecular weight is 484 g/mol. The first kappa shape index (κ1) is 22.6. The Hall–Kier alpha value is -2.62. The third-order valence-electron chi connectivity index (χ3n) is 4.68. The predicted molar refractivity (Wildman–Crippen MR) is 132 cm³/mol. The van der Waals surface area contributed by atoms with E-state index in [0.29, 0.717) is 11.3 Å². The molecule has 0 aliphatic carbocycles. The van der Waals surface area contributed by atoms with Gasteiger partial charge in [-0.2, -0.15) is 0 Å². The van der Waals surface area contributed by atoms with Gasteiger partial charge in [0.1, 0.15) is 0 Å². The highest BCUT2D eigenvalue weighted by atomic mass is 32.2. The first-order chi connectivity index (χ1) is 15.6. The molecule has 0 unspecified atom stereocenters. The number of aromatic nitrogens is 1. The maximum absolute atomic E-state index is 12.5. The third-order valence-corrected chi connectivity index (χ3v) is 7.85. The fraction of sp³-hybridized carbons (Fsp3) is 0.217. The summed E-state index contributed by atoms with van der Waals surface area (Å²) in [6.45, 7) is 0.420. The van der Waals surface area contributed by atoms with Crippen LogP contribution in [-0.2, 0) is 9.59 Å². The Morgan fingerprint density at radius 2 is 1.88 bits per heavy atom. The summed E-state index contributed by atoms with van der Waals surface area (Å²) < 4.78 is 2.17. The van der Waals surface area contributed by atoms with Gasteiger partial charge in [-0.25, -0.2) is 4.98 Å². The second kappa shape index (κ2) is 10.8. The van der Waals surface area contributed by atoms with Crippen LogP contribution in [0.1, 0.15) is 18.4 Å². The molecular formula is C23H21N3O3S3. The van der Waals surface area contributed by atoms with Crippen molar-refractivity contribution in [1.29, 1.82) is 0 Å². The molecule has 0 atom stereocenters. The van der Waals surface area contributed by atoms with E-state index in [4.69, 9.17) is 0 Å². The van der Waals surface area contributed by atoms with Crippen LogP contribution >= 0.6 is 34.9 Å². The van der Waals surface area contributed by atoms with E-state index in [1.165, 1.54) is 9.60 Å². The zero-order valence-corrected chi connectivity index (χ0v) is 19.6. The van der Waals surface area contributed by atoms with E-state index in [1.54, 1.807) is 29.2 Å². The standard InChI is InChI=1S/C23H21N3O3S3/c27-20(11-6-14-30-22-25-17-9-4-5-10-18(17)31-22)24-12-13-26-21(28)19(32-23(26)29)15-16-7-2-1-3-8-16/h1-5,7-10,15H,6,11-14H2,(H,24,27). The summed E-state index contributed by atoms with van der Waals surface area (Å²) in [5.74, 6) is 0.410. The summed E-state index contributed by atoms with van der Waals surface area (Å²) in [5.41, 5.74) is 1.87. The largest absolute Gasteiger partial charge is 0.354 e. The second-order valence-corrected chi connectivity index (χ2v) is 10.4. The number of hydrogen-bond acceptors (Lipinski definition) is 7. The molecular weight excluding hydrogens is 462 g/mol. The number of fused-ring (bicyclic) bond motifs is 1. The van der Waals surface area contributed by atoms with Crippen LogP contribution < -0.4 is 5.32 Å². The van der Waals surface area contributed by atoms with Crippen molar-refractivity contribution in [3.8, 4) is 0 Å². The van der Waals surface area contributed by atoms with Gasteiger partial charge in [0.05, 0.1) is 15.1 Å². The summed E-state index contributed by atoms with van der Waals surface area (Å²) in [5, 5.41) is 2.49. The number of imide groups is 1. The highest BCUT2D eigenvalue weighted by Crippen LogP contribution is 2.32. The van der Waals surface area contributed by atoms with E-state index >= 15 is 0 Å². The van der Waals surface area contributed by atoms with E-state index < -0.39 is 0 Å². The Morgan fingerprint density at radius 1 is 1.09 bits per heavy atom. The molecule has 0 bridgehead atoms. The molecule has 0 saturated carbocycles. The number of rotatable bonds is 9. The molecule has 2 aromatic carbocycles. The van der Waals surface area contributed by atoms with Crippen molar-refractivity contribution < 1.29 is 14.4 Å². The average Bonchev–Trinajstić information content (AvgIpc) is 3.33. The summed E-state index contributed by atoms with van der Waals surface area (Å²) in [6, 6.07) is 17.4. The van der Waals surface area contributed by atoms with Crippen LogP contribution in [0.15, 0.2) is 63.8 Å². The molecule has 9 heteroatoms. The molecule has 1 aliphatic heterocycles. The number of carbonyl (C=O) groups excluding carboxylic acids is 3. The molecule has 32 heavy (non-hydrogen) atoms. The quantitative estimate of drug-likeness (QED) is 0.262. The number of thiazole rings is 1. The molecule has 1 fully saturated rings.